The second kappa shape index (κ2) is 27.4. The van der Waals surface area contributed by atoms with Gasteiger partial charge in [0, 0.05) is 55.8 Å². The van der Waals surface area contributed by atoms with E-state index >= 15 is 0 Å². The van der Waals surface area contributed by atoms with E-state index in [4.69, 9.17) is 4.74 Å². The summed E-state index contributed by atoms with van der Waals surface area (Å²) >= 11 is 2.44. The molecule has 0 bridgehead atoms. The van der Waals surface area contributed by atoms with Gasteiger partial charge in [-0.2, -0.15) is 8.78 Å². The minimum absolute atomic E-state index is 0.00370. The Balaban J connectivity index is 0.878. The van der Waals surface area contributed by atoms with Crippen LogP contribution in [0.1, 0.15) is 118 Å². The number of aliphatic hydroxyl groups is 1. The fourth-order valence-corrected chi connectivity index (χ4v) is 13.2. The van der Waals surface area contributed by atoms with E-state index in [1.54, 1.807) is 52.0 Å². The Morgan fingerprint density at radius 2 is 1.45 bits per heavy atom. The van der Waals surface area contributed by atoms with Crippen molar-refractivity contribution in [3.63, 3.8) is 0 Å². The van der Waals surface area contributed by atoms with Gasteiger partial charge in [0.15, 0.2) is 0 Å². The van der Waals surface area contributed by atoms with E-state index in [0.717, 1.165) is 50.7 Å². The fraction of sp³-hybridized carbons (Fsp3) is 0.492. The first-order chi connectivity index (χ1) is 41.3. The van der Waals surface area contributed by atoms with E-state index < -0.39 is 126 Å². The number of hydrogen-bond acceptors (Lipinski definition) is 14. The average Bonchev–Trinajstić information content (AvgIpc) is 2.40. The van der Waals surface area contributed by atoms with Crippen molar-refractivity contribution in [3.8, 4) is 10.4 Å². The molecule has 8 rings (SSSR count). The number of amides is 8. The minimum Gasteiger partial charge on any atom is -0.391 e. The highest BCUT2D eigenvalue weighted by Crippen LogP contribution is 2.59. The number of β-amino-alcohol motifs (C(OH)–C–C–N with tert-alkyl or cyclic N) is 1. The maximum absolute atomic E-state index is 15.0. The number of benzene rings is 3. The Morgan fingerprint density at radius 1 is 0.784 bits per heavy atom. The van der Waals surface area contributed by atoms with E-state index in [9.17, 15) is 66.6 Å². The molecular formula is C61H76F2N9O13PS2. The highest BCUT2D eigenvalue weighted by atomic mass is 32.1. The Morgan fingerprint density at radius 3 is 2.10 bits per heavy atom. The summed E-state index contributed by atoms with van der Waals surface area (Å²) in [7, 11) is -5.89. The molecule has 5 heterocycles. The summed E-state index contributed by atoms with van der Waals surface area (Å²) in [6, 6.07) is 16.1. The molecule has 88 heavy (non-hydrogen) atoms. The number of likely N-dealkylation sites (tertiary alicyclic amines) is 1. The van der Waals surface area contributed by atoms with E-state index in [-0.39, 0.29) is 81.9 Å². The number of aliphatic hydroxyl groups excluding tert-OH is 1. The Labute approximate surface area is 516 Å². The Kier molecular flexibility index (Phi) is 20.8. The van der Waals surface area contributed by atoms with Crippen LogP contribution in [-0.4, -0.2) is 169 Å². The van der Waals surface area contributed by atoms with Gasteiger partial charge in [-0.25, -0.2) is 4.98 Å². The van der Waals surface area contributed by atoms with Crippen LogP contribution in [-0.2, 0) is 48.5 Å². The maximum atomic E-state index is 15.0. The smallest absolute Gasteiger partial charge is 0.391 e. The molecule has 474 valence electrons. The van der Waals surface area contributed by atoms with Crippen LogP contribution in [0.15, 0.2) is 84.4 Å². The number of nitrogens with one attached hydrogen (secondary N) is 4. The van der Waals surface area contributed by atoms with Crippen LogP contribution >= 0.6 is 30.3 Å². The number of rotatable bonds is 19. The fourth-order valence-electron chi connectivity index (χ4n) is 11.0. The van der Waals surface area contributed by atoms with Crippen LogP contribution in [0, 0.1) is 17.8 Å². The summed E-state index contributed by atoms with van der Waals surface area (Å²) in [4.78, 5) is 142. The lowest BCUT2D eigenvalue weighted by atomic mass is 9.85. The number of thiophene rings is 1. The van der Waals surface area contributed by atoms with E-state index in [1.807, 2.05) is 68.4 Å². The van der Waals surface area contributed by atoms with Gasteiger partial charge in [0.1, 0.15) is 36.7 Å². The first kappa shape index (κ1) is 66.9. The lowest BCUT2D eigenvalue weighted by Gasteiger charge is -2.45. The molecule has 3 aromatic carbocycles. The third-order valence-electron chi connectivity index (χ3n) is 16.0. The van der Waals surface area contributed by atoms with E-state index in [0.29, 0.717) is 4.70 Å². The lowest BCUT2D eigenvalue weighted by Crippen LogP contribution is -2.66. The molecule has 27 heteroatoms. The molecule has 3 fully saturated rings. The minimum atomic E-state index is -5.89. The number of fused-ring (bicyclic) bond motifs is 1. The summed E-state index contributed by atoms with van der Waals surface area (Å²) in [6.45, 7) is 13.9. The molecule has 0 saturated carbocycles. The molecule has 3 aliphatic rings. The number of piperazine rings is 1. The van der Waals surface area contributed by atoms with E-state index in [1.165, 1.54) is 38.2 Å². The van der Waals surface area contributed by atoms with Crippen molar-refractivity contribution in [1.82, 2.24) is 45.9 Å². The molecule has 7 N–H and O–H groups in total. The molecule has 0 radical (unpaired) electrons. The molecule has 2 aromatic heterocycles. The lowest BCUT2D eigenvalue weighted by molar-refractivity contribution is -0.158. The number of nitrogens with zero attached hydrogens (tertiary/aromatic N) is 5. The monoisotopic (exact) mass is 1280 g/mol. The van der Waals surface area contributed by atoms with Crippen LogP contribution in [0.25, 0.3) is 20.5 Å². The zero-order valence-corrected chi connectivity index (χ0v) is 52.8. The van der Waals surface area contributed by atoms with Crippen molar-refractivity contribution in [2.24, 2.45) is 10.8 Å². The van der Waals surface area contributed by atoms with Gasteiger partial charge in [-0.05, 0) is 71.4 Å². The normalized spacial score (nSPS) is 19.6. The molecule has 5 aromatic rings. The standard InChI is InChI=1S/C61H76F2N9O13PS2/c1-35(37-16-18-39(19-17-37)51-36(2)65-34-87-51)66-54(77)43-29-42(73)31-72(43)58(81)52(59(3,4)5)67-48(74)15-12-22-64-49(75)30-50(76)69-23-24-71(44(32-69)56(79)70-25-26-85-45(33-70)38-13-10-9-11-14-38)57(80)53(60(6,7)8)68-55(78)47-28-40-27-41(20-21-46(40)88-47)61(62,63)86(82,83)84/h9-11,13-14,16-21,27-28,34-35,42-45,52-53,73H,12,15,22-26,29-33H2,1-8H3,(H,64,75)(H,66,77)(H,67,74)(H,68,78)(H2,82,83,84)/t35-,42+,43-,44-,45-,52+,53+/m0/s1. The number of morpholine rings is 1. The molecular weight excluding hydrogens is 1200 g/mol. The van der Waals surface area contributed by atoms with Crippen molar-refractivity contribution in [2.75, 3.05) is 52.4 Å². The summed E-state index contributed by atoms with van der Waals surface area (Å²) in [5.74, 6) is -4.74. The summed E-state index contributed by atoms with van der Waals surface area (Å²) in [5, 5.41) is 22.1. The van der Waals surface area contributed by atoms with Crippen LogP contribution in [0.5, 0.6) is 0 Å². The SMILES string of the molecule is Cc1ncsc1-c1ccc([C@H](C)NC(=O)[C@@H]2C[C@@H](O)CN2C(=O)[C@@H](NC(=O)CCCNC(=O)CC(=O)N2CCN(C(=O)[C@@H](NC(=O)c3cc4cc(C(F)(F)P(=O)(O)O)ccc4s3)C(C)(C)C)[C@H](C(=O)N3CCO[C@H](c4ccccc4)C3)C2)C(C)(C)C)cc1. The topological polar surface area (TPSA) is 298 Å². The third-order valence-corrected chi connectivity index (χ3v) is 19.0. The molecule has 8 amide bonds. The molecule has 3 aliphatic heterocycles. The molecule has 22 nitrogen and oxygen atoms in total. The van der Waals surface area contributed by atoms with Crippen LogP contribution in [0.4, 0.5) is 8.78 Å². The molecule has 0 spiro atoms. The van der Waals surface area contributed by atoms with Crippen LogP contribution < -0.4 is 21.3 Å². The third kappa shape index (κ3) is 15.7. The largest absolute Gasteiger partial charge is 0.399 e. The van der Waals surface area contributed by atoms with Gasteiger partial charge >= 0.3 is 13.3 Å². The predicted molar refractivity (Wildman–Crippen MR) is 325 cm³/mol. The van der Waals surface area contributed by atoms with Crippen LogP contribution in [0.2, 0.25) is 0 Å². The van der Waals surface area contributed by atoms with Crippen molar-refractivity contribution in [3.05, 3.63) is 112 Å². The van der Waals surface area contributed by atoms with Crippen LogP contribution in [0.3, 0.4) is 0 Å². The highest BCUT2D eigenvalue weighted by molar-refractivity contribution is 7.52. The molecule has 0 unspecified atom stereocenters. The van der Waals surface area contributed by atoms with E-state index in [2.05, 4.69) is 26.3 Å². The van der Waals surface area contributed by atoms with Gasteiger partial charge in [-0.15, -0.1) is 22.7 Å². The van der Waals surface area contributed by atoms with Crippen molar-refractivity contribution in [2.45, 2.75) is 129 Å². The zero-order chi connectivity index (χ0) is 64.2. The first-order valence-electron chi connectivity index (χ1n) is 29.0. The summed E-state index contributed by atoms with van der Waals surface area (Å²) in [6.07, 6.45) is -2.14. The molecule has 0 aliphatic carbocycles. The number of carbonyl (C=O) groups excluding carboxylic acids is 8. The predicted octanol–water partition coefficient (Wildman–Crippen LogP) is 6.00. The molecule has 7 atom stereocenters. The first-order valence-corrected chi connectivity index (χ1v) is 32.3. The van der Waals surface area contributed by atoms with Gasteiger partial charge in [-0.1, -0.05) is 102 Å². The number of alkyl halides is 2. The zero-order valence-electron chi connectivity index (χ0n) is 50.3. The average molecular weight is 1280 g/mol. The quantitative estimate of drug-likeness (QED) is 0.0284. The second-order valence-corrected chi connectivity index (χ2v) is 28.3. The van der Waals surface area contributed by atoms with Gasteiger partial charge in [0.25, 0.3) is 5.91 Å². The summed E-state index contributed by atoms with van der Waals surface area (Å²) < 4.78 is 47.3. The summed E-state index contributed by atoms with van der Waals surface area (Å²) in [5.41, 5.74) is -1.91. The number of aryl methyl sites for hydroxylation is 1. The number of thiazole rings is 1. The van der Waals surface area contributed by atoms with Crippen molar-refractivity contribution < 1.29 is 71.3 Å². The number of carbonyl (C=O) groups is 8. The van der Waals surface area contributed by atoms with Gasteiger partial charge in [0.2, 0.25) is 41.4 Å². The van der Waals surface area contributed by atoms with Crippen molar-refractivity contribution >= 4 is 87.6 Å². The van der Waals surface area contributed by atoms with Gasteiger partial charge in [-0.3, -0.25) is 42.9 Å². The number of halogens is 2. The highest BCUT2D eigenvalue weighted by Gasteiger charge is 2.51. The number of hydrogen-bond donors (Lipinski definition) is 7. The number of ether oxygens (including phenoxy) is 1. The number of aromatic nitrogens is 1. The second-order valence-electron chi connectivity index (χ2n) is 24.7. The molecule has 3 saturated heterocycles. The Hall–Kier alpha value is -7.06. The maximum Gasteiger partial charge on any atom is 0.399 e. The van der Waals surface area contributed by atoms with Gasteiger partial charge in [0.05, 0.1) is 52.8 Å². The Bertz CT molecular complexity index is 3460. The van der Waals surface area contributed by atoms with Crippen molar-refractivity contribution in [1.29, 1.82) is 0 Å². The van der Waals surface area contributed by atoms with Gasteiger partial charge < -0.3 is 60.5 Å².